The molecule has 1 aliphatic heterocycles. The molecule has 0 saturated heterocycles. The number of likely N-dealkylation sites (N-methyl/N-ethyl adjacent to an activating group) is 1. The summed E-state index contributed by atoms with van der Waals surface area (Å²) in [7, 11) is 1.85. The van der Waals surface area contributed by atoms with Gasteiger partial charge in [0.1, 0.15) is 0 Å². The van der Waals surface area contributed by atoms with E-state index in [4.69, 9.17) is 0 Å². The van der Waals surface area contributed by atoms with E-state index in [1.165, 1.54) is 0 Å². The van der Waals surface area contributed by atoms with Crippen LogP contribution in [0.25, 0.3) is 10.9 Å². The third kappa shape index (κ3) is 4.89. The third-order valence-electron chi connectivity index (χ3n) is 7.95. The van der Waals surface area contributed by atoms with Crippen LogP contribution in [0.5, 0.6) is 0 Å². The smallest absolute Gasteiger partial charge is 0.254 e. The van der Waals surface area contributed by atoms with E-state index >= 15 is 0 Å². The van der Waals surface area contributed by atoms with Gasteiger partial charge in [-0.3, -0.25) is 14.6 Å². The Labute approximate surface area is 234 Å². The molecule has 3 heterocycles. The van der Waals surface area contributed by atoms with Gasteiger partial charge in [0.05, 0.1) is 12.0 Å². The molecule has 2 amide bonds. The van der Waals surface area contributed by atoms with Crippen molar-refractivity contribution in [2.45, 2.75) is 24.8 Å². The summed E-state index contributed by atoms with van der Waals surface area (Å²) in [5.41, 5.74) is 5.53. The number of nitrogens with zero attached hydrogens (tertiary/aromatic N) is 3. The summed E-state index contributed by atoms with van der Waals surface area (Å²) in [4.78, 5) is 39.8. The Morgan fingerprint density at radius 2 is 1.65 bits per heavy atom. The van der Waals surface area contributed by atoms with Crippen molar-refractivity contribution < 1.29 is 9.59 Å². The van der Waals surface area contributed by atoms with E-state index in [0.717, 1.165) is 33.3 Å². The summed E-state index contributed by atoms with van der Waals surface area (Å²) in [5.74, 6) is -0.556. The quantitative estimate of drug-likeness (QED) is 0.277. The summed E-state index contributed by atoms with van der Waals surface area (Å²) in [6.07, 6.45) is 5.14. The monoisotopic (exact) mass is 528 g/mol. The number of fused-ring (bicyclic) bond motifs is 2. The normalized spacial score (nSPS) is 16.6. The Morgan fingerprint density at radius 3 is 2.48 bits per heavy atom. The number of nitrogens with one attached hydrogen (secondary N) is 1. The highest BCUT2D eigenvalue weighted by atomic mass is 16.2. The Kier molecular flexibility index (Phi) is 7.15. The van der Waals surface area contributed by atoms with Crippen LogP contribution >= 0.6 is 0 Å². The van der Waals surface area contributed by atoms with Crippen LogP contribution in [0.1, 0.15) is 44.7 Å². The number of carbonyl (C=O) groups is 2. The molecule has 2 aromatic heterocycles. The highest BCUT2D eigenvalue weighted by Gasteiger charge is 2.44. The predicted molar refractivity (Wildman–Crippen MR) is 157 cm³/mol. The summed E-state index contributed by atoms with van der Waals surface area (Å²) in [6.45, 7) is 1.04. The van der Waals surface area contributed by atoms with Crippen LogP contribution in [0.2, 0.25) is 0 Å². The number of aromatic nitrogens is 2. The molecule has 0 spiro atoms. The second kappa shape index (κ2) is 11.2. The van der Waals surface area contributed by atoms with Gasteiger partial charge in [-0.05, 0) is 47.4 Å². The minimum Gasteiger partial charge on any atom is -0.361 e. The fourth-order valence-corrected chi connectivity index (χ4v) is 5.88. The van der Waals surface area contributed by atoms with E-state index in [0.29, 0.717) is 31.5 Å². The maximum absolute atomic E-state index is 14.3. The lowest BCUT2D eigenvalue weighted by Crippen LogP contribution is -2.48. The molecule has 1 N–H and O–H groups in total. The van der Waals surface area contributed by atoms with Gasteiger partial charge in [0.2, 0.25) is 5.91 Å². The summed E-state index contributed by atoms with van der Waals surface area (Å²) in [6, 6.07) is 31.2. The molecule has 6 heteroatoms. The van der Waals surface area contributed by atoms with Crippen molar-refractivity contribution >= 4 is 22.7 Å². The van der Waals surface area contributed by atoms with Crippen molar-refractivity contribution in [3.63, 3.8) is 0 Å². The van der Waals surface area contributed by atoms with E-state index < -0.39 is 12.0 Å². The van der Waals surface area contributed by atoms with Crippen LogP contribution in [0.3, 0.4) is 0 Å². The molecule has 6 nitrogen and oxygen atoms in total. The zero-order chi connectivity index (χ0) is 27.5. The van der Waals surface area contributed by atoms with Gasteiger partial charge in [0, 0.05) is 61.1 Å². The molecule has 6 rings (SSSR count). The standard InChI is InChI=1S/C34H32N4O2/c1-37(21-19-26-13-9-10-20-35-26)34(40)31-28-15-5-6-16-29(28)33(39)38(32(31)24-11-3-2-4-12-24)22-18-25-23-36-30-17-8-7-14-27(25)30/h2-17,20,23,31-32,36H,18-19,21-22H2,1H3/t31-,32-/m0/s1. The molecule has 0 aliphatic carbocycles. The largest absolute Gasteiger partial charge is 0.361 e. The number of rotatable bonds is 8. The summed E-state index contributed by atoms with van der Waals surface area (Å²) < 4.78 is 0. The van der Waals surface area contributed by atoms with E-state index in [9.17, 15) is 9.59 Å². The first-order valence-corrected chi connectivity index (χ1v) is 13.8. The van der Waals surface area contributed by atoms with Crippen molar-refractivity contribution in [1.82, 2.24) is 19.8 Å². The molecule has 0 radical (unpaired) electrons. The molecular formula is C34H32N4O2. The van der Waals surface area contributed by atoms with Gasteiger partial charge in [-0.1, -0.05) is 72.8 Å². The molecule has 1 aliphatic rings. The summed E-state index contributed by atoms with van der Waals surface area (Å²) >= 11 is 0. The predicted octanol–water partition coefficient (Wildman–Crippen LogP) is 5.79. The number of benzene rings is 3. The van der Waals surface area contributed by atoms with Crippen molar-refractivity contribution in [2.75, 3.05) is 20.1 Å². The van der Waals surface area contributed by atoms with Crippen molar-refractivity contribution in [3.8, 4) is 0 Å². The van der Waals surface area contributed by atoms with E-state index in [2.05, 4.69) is 22.1 Å². The molecule has 2 atom stereocenters. The number of para-hydroxylation sites is 1. The van der Waals surface area contributed by atoms with Gasteiger partial charge in [-0.25, -0.2) is 0 Å². The lowest BCUT2D eigenvalue weighted by molar-refractivity contribution is -0.133. The fourth-order valence-electron chi connectivity index (χ4n) is 5.88. The highest BCUT2D eigenvalue weighted by molar-refractivity contribution is 6.01. The van der Waals surface area contributed by atoms with Gasteiger partial charge in [0.15, 0.2) is 0 Å². The Hall–Kier alpha value is -4.71. The molecule has 200 valence electrons. The van der Waals surface area contributed by atoms with Gasteiger partial charge in [0.25, 0.3) is 5.91 Å². The molecule has 0 unspecified atom stereocenters. The van der Waals surface area contributed by atoms with E-state index in [-0.39, 0.29) is 11.8 Å². The zero-order valence-electron chi connectivity index (χ0n) is 22.5. The first kappa shape index (κ1) is 25.6. The van der Waals surface area contributed by atoms with Crippen molar-refractivity contribution in [2.24, 2.45) is 0 Å². The molecule has 40 heavy (non-hydrogen) atoms. The van der Waals surface area contributed by atoms with E-state index in [1.807, 2.05) is 103 Å². The average Bonchev–Trinajstić information content (AvgIpc) is 3.43. The Balaban J connectivity index is 1.36. The van der Waals surface area contributed by atoms with Gasteiger partial charge in [-0.2, -0.15) is 0 Å². The highest BCUT2D eigenvalue weighted by Crippen LogP contribution is 2.43. The number of H-pyrrole nitrogens is 1. The number of pyridine rings is 1. The van der Waals surface area contributed by atoms with Crippen molar-refractivity contribution in [3.05, 3.63) is 137 Å². The maximum atomic E-state index is 14.3. The Bertz CT molecular complexity index is 1630. The summed E-state index contributed by atoms with van der Waals surface area (Å²) in [5, 5.41) is 1.16. The molecule has 0 fully saturated rings. The first-order valence-electron chi connectivity index (χ1n) is 13.8. The van der Waals surface area contributed by atoms with Gasteiger partial charge in [-0.15, -0.1) is 0 Å². The van der Waals surface area contributed by atoms with Crippen LogP contribution < -0.4 is 0 Å². The number of hydrogen-bond acceptors (Lipinski definition) is 3. The number of hydrogen-bond donors (Lipinski definition) is 1. The molecule has 3 aromatic carbocycles. The lowest BCUT2D eigenvalue weighted by atomic mass is 9.78. The molecule has 0 saturated carbocycles. The van der Waals surface area contributed by atoms with Crippen molar-refractivity contribution in [1.29, 1.82) is 0 Å². The minimum atomic E-state index is -0.520. The van der Waals surface area contributed by atoms with Gasteiger partial charge < -0.3 is 14.8 Å². The zero-order valence-corrected chi connectivity index (χ0v) is 22.5. The van der Waals surface area contributed by atoms with Crippen LogP contribution in [-0.4, -0.2) is 51.7 Å². The second-order valence-electron chi connectivity index (χ2n) is 10.4. The van der Waals surface area contributed by atoms with Gasteiger partial charge >= 0.3 is 0 Å². The first-order chi connectivity index (χ1) is 19.6. The number of carbonyl (C=O) groups excluding carboxylic acids is 2. The molecule has 5 aromatic rings. The molecular weight excluding hydrogens is 496 g/mol. The topological polar surface area (TPSA) is 69.3 Å². The molecule has 0 bridgehead atoms. The average molecular weight is 529 g/mol. The lowest BCUT2D eigenvalue weighted by Gasteiger charge is -2.43. The third-order valence-corrected chi connectivity index (χ3v) is 7.95. The van der Waals surface area contributed by atoms with Crippen LogP contribution in [-0.2, 0) is 17.6 Å². The number of aromatic amines is 1. The van der Waals surface area contributed by atoms with Crippen LogP contribution in [0, 0.1) is 0 Å². The van der Waals surface area contributed by atoms with Crippen LogP contribution in [0.15, 0.2) is 109 Å². The van der Waals surface area contributed by atoms with E-state index in [1.54, 1.807) is 11.1 Å². The maximum Gasteiger partial charge on any atom is 0.254 e. The number of amides is 2. The fraction of sp³-hybridized carbons (Fsp3) is 0.206. The Morgan fingerprint density at radius 1 is 0.900 bits per heavy atom. The SMILES string of the molecule is CN(CCc1ccccn1)C(=O)[C@H]1c2ccccc2C(=O)N(CCc2c[nH]c3ccccc23)[C@H]1c1ccccc1. The second-order valence-corrected chi connectivity index (χ2v) is 10.4. The van der Waals surface area contributed by atoms with Crippen LogP contribution in [0.4, 0.5) is 0 Å². The minimum absolute atomic E-state index is 0.00169.